The molecule has 3 rings (SSSR count). The molecule has 1 amide bonds. The van der Waals surface area contributed by atoms with Crippen LogP contribution in [0, 0.1) is 6.92 Å². The maximum Gasteiger partial charge on any atom is 0.421 e. The summed E-state index contributed by atoms with van der Waals surface area (Å²) < 4.78 is 39.4. The van der Waals surface area contributed by atoms with Crippen LogP contribution in [0.5, 0.6) is 0 Å². The van der Waals surface area contributed by atoms with E-state index in [9.17, 15) is 22.8 Å². The van der Waals surface area contributed by atoms with Gasteiger partial charge < -0.3 is 14.8 Å². The van der Waals surface area contributed by atoms with Crippen molar-refractivity contribution in [2.75, 3.05) is 37.6 Å². The Morgan fingerprint density at radius 1 is 1.12 bits per heavy atom. The van der Waals surface area contributed by atoms with Crippen LogP contribution in [-0.4, -0.2) is 54.1 Å². The predicted molar refractivity (Wildman–Crippen MR) is 118 cm³/mol. The van der Waals surface area contributed by atoms with Gasteiger partial charge in [0.2, 0.25) is 5.91 Å². The Labute approximate surface area is 185 Å². The highest BCUT2D eigenvalue weighted by atomic mass is 19.4. The number of nitrogens with zero attached hydrogens (tertiary/aromatic N) is 3. The molecule has 174 valence electrons. The van der Waals surface area contributed by atoms with Crippen molar-refractivity contribution in [3.63, 3.8) is 0 Å². The number of halogens is 3. The maximum atomic E-state index is 12.9. The number of aromatic nitrogens is 1. The minimum atomic E-state index is -4.74. The average Bonchev–Trinajstić information content (AvgIpc) is 2.73. The molecule has 0 saturated carbocycles. The number of nitrogens with one attached hydrogen (secondary N) is 1. The number of piperazine rings is 1. The first-order valence-corrected chi connectivity index (χ1v) is 10.7. The van der Waals surface area contributed by atoms with Gasteiger partial charge in [-0.05, 0) is 50.1 Å². The summed E-state index contributed by atoms with van der Waals surface area (Å²) in [6.45, 7) is 8.03. The van der Waals surface area contributed by atoms with Crippen molar-refractivity contribution >= 4 is 11.6 Å². The van der Waals surface area contributed by atoms with Crippen LogP contribution >= 0.6 is 0 Å². The van der Waals surface area contributed by atoms with Crippen molar-refractivity contribution < 1.29 is 18.0 Å². The van der Waals surface area contributed by atoms with Crippen molar-refractivity contribution in [3.8, 4) is 0 Å². The van der Waals surface area contributed by atoms with Crippen LogP contribution in [0.25, 0.3) is 0 Å². The number of rotatable bonds is 7. The largest absolute Gasteiger partial charge is 0.421 e. The highest BCUT2D eigenvalue weighted by Crippen LogP contribution is 2.26. The van der Waals surface area contributed by atoms with Gasteiger partial charge in [0.25, 0.3) is 5.56 Å². The molecule has 0 spiro atoms. The van der Waals surface area contributed by atoms with Crippen LogP contribution in [-0.2, 0) is 17.5 Å². The number of anilines is 1. The average molecular weight is 451 g/mol. The Kier molecular flexibility index (Phi) is 7.60. The fourth-order valence-electron chi connectivity index (χ4n) is 3.86. The zero-order valence-corrected chi connectivity index (χ0v) is 18.4. The Balaban J connectivity index is 1.43. The Hall–Kier alpha value is -2.81. The molecule has 0 radical (unpaired) electrons. The Morgan fingerprint density at radius 2 is 1.84 bits per heavy atom. The smallest absolute Gasteiger partial charge is 0.369 e. The normalized spacial score (nSPS) is 16.1. The number of pyridine rings is 1. The lowest BCUT2D eigenvalue weighted by Crippen LogP contribution is -2.47. The molecule has 2 heterocycles. The first kappa shape index (κ1) is 23.8. The lowest BCUT2D eigenvalue weighted by Gasteiger charge is -2.36. The standard InChI is InChI=1S/C23H29F3N4O2/c1-17-5-3-6-19(15-17)29-13-11-28(12-14-29)10-8-18(2)27-21(31)16-30-9-4-7-20(22(30)32)23(24,25)26/h3-7,9,15,18H,8,10-14,16H2,1-2H3,(H,27,31). The highest BCUT2D eigenvalue weighted by Gasteiger charge is 2.34. The number of amides is 1. The third kappa shape index (κ3) is 6.35. The first-order valence-electron chi connectivity index (χ1n) is 10.7. The number of carbonyl (C=O) groups is 1. The summed E-state index contributed by atoms with van der Waals surface area (Å²) in [7, 11) is 0. The van der Waals surface area contributed by atoms with Gasteiger partial charge in [0, 0.05) is 50.6 Å². The van der Waals surface area contributed by atoms with E-state index in [2.05, 4.69) is 46.3 Å². The molecule has 1 aliphatic rings. The number of benzene rings is 1. The number of hydrogen-bond donors (Lipinski definition) is 1. The molecule has 0 aliphatic carbocycles. The van der Waals surface area contributed by atoms with Gasteiger partial charge in [-0.2, -0.15) is 13.2 Å². The lowest BCUT2D eigenvalue weighted by molar-refractivity contribution is -0.139. The minimum absolute atomic E-state index is 0.154. The van der Waals surface area contributed by atoms with Crippen molar-refractivity contribution in [2.45, 2.75) is 39.0 Å². The molecule has 1 aromatic carbocycles. The molecule has 6 nitrogen and oxygen atoms in total. The quantitative estimate of drug-likeness (QED) is 0.705. The van der Waals surface area contributed by atoms with Crippen molar-refractivity contribution in [3.05, 3.63) is 64.1 Å². The van der Waals surface area contributed by atoms with Crippen LogP contribution in [0.1, 0.15) is 24.5 Å². The molecule has 1 saturated heterocycles. The molecule has 2 aromatic rings. The van der Waals surface area contributed by atoms with Gasteiger partial charge >= 0.3 is 6.18 Å². The molecule has 1 aromatic heterocycles. The second-order valence-electron chi connectivity index (χ2n) is 8.28. The third-order valence-corrected chi connectivity index (χ3v) is 5.66. The summed E-state index contributed by atoms with van der Waals surface area (Å²) in [4.78, 5) is 28.9. The molecular weight excluding hydrogens is 421 g/mol. The molecule has 1 fully saturated rings. The van der Waals surface area contributed by atoms with Crippen molar-refractivity contribution in [2.24, 2.45) is 0 Å². The second kappa shape index (κ2) is 10.2. The maximum absolute atomic E-state index is 12.9. The fourth-order valence-corrected chi connectivity index (χ4v) is 3.86. The number of aryl methyl sites for hydroxylation is 1. The number of alkyl halides is 3. The molecular formula is C23H29F3N4O2. The summed E-state index contributed by atoms with van der Waals surface area (Å²) in [5.41, 5.74) is -0.0167. The monoisotopic (exact) mass is 450 g/mol. The highest BCUT2D eigenvalue weighted by molar-refractivity contribution is 5.76. The SMILES string of the molecule is Cc1cccc(N2CCN(CCC(C)NC(=O)Cn3cccc(C(F)(F)F)c3=O)CC2)c1. The third-order valence-electron chi connectivity index (χ3n) is 5.66. The van der Waals surface area contributed by atoms with E-state index in [1.54, 1.807) is 0 Å². The second-order valence-corrected chi connectivity index (χ2v) is 8.28. The van der Waals surface area contributed by atoms with Gasteiger partial charge in [-0.3, -0.25) is 14.5 Å². The molecule has 1 N–H and O–H groups in total. The van der Waals surface area contributed by atoms with E-state index in [1.165, 1.54) is 17.4 Å². The Morgan fingerprint density at radius 3 is 2.50 bits per heavy atom. The molecule has 9 heteroatoms. The number of hydrogen-bond acceptors (Lipinski definition) is 4. The summed E-state index contributed by atoms with van der Waals surface area (Å²) in [6.07, 6.45) is -2.84. The summed E-state index contributed by atoms with van der Waals surface area (Å²) in [6, 6.07) is 10.1. The van der Waals surface area contributed by atoms with E-state index in [-0.39, 0.29) is 6.04 Å². The molecule has 1 aliphatic heterocycles. The topological polar surface area (TPSA) is 57.6 Å². The summed E-state index contributed by atoms with van der Waals surface area (Å²) >= 11 is 0. The van der Waals surface area contributed by atoms with Crippen LogP contribution in [0.2, 0.25) is 0 Å². The van der Waals surface area contributed by atoms with Gasteiger partial charge in [0.15, 0.2) is 0 Å². The zero-order chi connectivity index (χ0) is 23.3. The molecule has 32 heavy (non-hydrogen) atoms. The van der Waals surface area contributed by atoms with Gasteiger partial charge in [-0.15, -0.1) is 0 Å². The van der Waals surface area contributed by atoms with Gasteiger partial charge in [0.05, 0.1) is 0 Å². The van der Waals surface area contributed by atoms with Crippen molar-refractivity contribution in [1.82, 2.24) is 14.8 Å². The van der Waals surface area contributed by atoms with Gasteiger partial charge in [-0.1, -0.05) is 12.1 Å². The van der Waals surface area contributed by atoms with E-state index in [1.807, 2.05) is 6.92 Å². The first-order chi connectivity index (χ1) is 15.1. The van der Waals surface area contributed by atoms with E-state index < -0.39 is 29.8 Å². The Bertz CT molecular complexity index is 982. The molecule has 1 unspecified atom stereocenters. The van der Waals surface area contributed by atoms with E-state index in [0.29, 0.717) is 6.42 Å². The van der Waals surface area contributed by atoms with Crippen molar-refractivity contribution in [1.29, 1.82) is 0 Å². The van der Waals surface area contributed by atoms with E-state index in [0.717, 1.165) is 49.4 Å². The van der Waals surface area contributed by atoms with E-state index in [4.69, 9.17) is 0 Å². The number of carbonyl (C=O) groups excluding carboxylic acids is 1. The van der Waals surface area contributed by atoms with Crippen LogP contribution in [0.15, 0.2) is 47.4 Å². The fraction of sp³-hybridized carbons (Fsp3) is 0.478. The lowest BCUT2D eigenvalue weighted by atomic mass is 10.1. The zero-order valence-electron chi connectivity index (χ0n) is 18.4. The van der Waals surface area contributed by atoms with Gasteiger partial charge in [0.1, 0.15) is 12.1 Å². The van der Waals surface area contributed by atoms with Crippen LogP contribution in [0.4, 0.5) is 18.9 Å². The molecule has 0 bridgehead atoms. The van der Waals surface area contributed by atoms with E-state index >= 15 is 0 Å². The predicted octanol–water partition coefficient (Wildman–Crippen LogP) is 2.89. The minimum Gasteiger partial charge on any atom is -0.369 e. The molecule has 1 atom stereocenters. The summed E-state index contributed by atoms with van der Waals surface area (Å²) in [5.74, 6) is -0.483. The van der Waals surface area contributed by atoms with Crippen LogP contribution < -0.4 is 15.8 Å². The van der Waals surface area contributed by atoms with Gasteiger partial charge in [-0.25, -0.2) is 0 Å². The summed E-state index contributed by atoms with van der Waals surface area (Å²) in [5, 5.41) is 2.78. The van der Waals surface area contributed by atoms with Crippen LogP contribution in [0.3, 0.4) is 0 Å².